The van der Waals surface area contributed by atoms with Gasteiger partial charge in [-0.15, -0.1) is 11.3 Å². The first-order chi connectivity index (χ1) is 7.75. The summed E-state index contributed by atoms with van der Waals surface area (Å²) in [4.78, 5) is 13.1. The minimum Gasteiger partial charge on any atom is -0.370 e. The van der Waals surface area contributed by atoms with E-state index in [-0.39, 0.29) is 5.91 Å². The highest BCUT2D eigenvalue weighted by molar-refractivity contribution is 7.15. The second kappa shape index (κ2) is 4.94. The first kappa shape index (κ1) is 10.9. The maximum atomic E-state index is 10.7. The van der Waals surface area contributed by atoms with E-state index >= 15 is 0 Å². The van der Waals surface area contributed by atoms with Crippen molar-refractivity contribution < 1.29 is 4.79 Å². The maximum Gasteiger partial charge on any atom is 0.217 e. The molecule has 0 spiro atoms. The molecule has 3 heteroatoms. The summed E-state index contributed by atoms with van der Waals surface area (Å²) in [5, 5.41) is 0. The van der Waals surface area contributed by atoms with Gasteiger partial charge in [-0.2, -0.15) is 0 Å². The van der Waals surface area contributed by atoms with Crippen LogP contribution in [0.25, 0.3) is 10.4 Å². The summed E-state index contributed by atoms with van der Waals surface area (Å²) < 4.78 is 0. The Labute approximate surface area is 98.7 Å². The highest BCUT2D eigenvalue weighted by atomic mass is 32.1. The second-order valence-electron chi connectivity index (χ2n) is 3.60. The average molecular weight is 231 g/mol. The Kier molecular flexibility index (Phi) is 3.37. The van der Waals surface area contributed by atoms with Gasteiger partial charge in [0, 0.05) is 16.2 Å². The third kappa shape index (κ3) is 2.70. The van der Waals surface area contributed by atoms with Gasteiger partial charge in [0.25, 0.3) is 0 Å². The number of amides is 1. The molecule has 0 aliphatic carbocycles. The Bertz CT molecular complexity index is 476. The van der Waals surface area contributed by atoms with E-state index in [0.717, 1.165) is 6.42 Å². The molecule has 1 aromatic carbocycles. The molecule has 0 unspecified atom stereocenters. The lowest BCUT2D eigenvalue weighted by Gasteiger charge is -1.95. The maximum absolute atomic E-state index is 10.7. The average Bonchev–Trinajstić information content (AvgIpc) is 2.76. The fraction of sp³-hybridized carbons (Fsp3) is 0.154. The molecule has 2 aromatic rings. The molecule has 82 valence electrons. The number of hydrogen-bond donors (Lipinski definition) is 1. The Morgan fingerprint density at radius 1 is 1.12 bits per heavy atom. The highest BCUT2D eigenvalue weighted by Crippen LogP contribution is 2.28. The van der Waals surface area contributed by atoms with Crippen molar-refractivity contribution in [2.24, 2.45) is 5.73 Å². The summed E-state index contributed by atoms with van der Waals surface area (Å²) >= 11 is 1.72. The van der Waals surface area contributed by atoms with Crippen LogP contribution in [-0.2, 0) is 11.2 Å². The number of hydrogen-bond acceptors (Lipinski definition) is 2. The zero-order valence-electron chi connectivity index (χ0n) is 8.85. The van der Waals surface area contributed by atoms with E-state index in [9.17, 15) is 4.79 Å². The molecule has 0 aliphatic heterocycles. The van der Waals surface area contributed by atoms with Crippen molar-refractivity contribution in [1.82, 2.24) is 0 Å². The standard InChI is InChI=1S/C13H13NOS/c14-13(15)9-7-11-6-8-12(16-11)10-4-2-1-3-5-10/h1-6,8H,7,9H2,(H2,14,15). The van der Waals surface area contributed by atoms with Crippen LogP contribution in [0.3, 0.4) is 0 Å². The molecule has 2 rings (SSSR count). The van der Waals surface area contributed by atoms with E-state index < -0.39 is 0 Å². The lowest BCUT2D eigenvalue weighted by Crippen LogP contribution is -2.10. The molecule has 2 nitrogen and oxygen atoms in total. The SMILES string of the molecule is NC(=O)CCc1ccc(-c2ccccc2)s1. The molecule has 16 heavy (non-hydrogen) atoms. The largest absolute Gasteiger partial charge is 0.370 e. The van der Waals surface area contributed by atoms with Crippen molar-refractivity contribution in [1.29, 1.82) is 0 Å². The number of carbonyl (C=O) groups excluding carboxylic acids is 1. The molecule has 0 atom stereocenters. The van der Waals surface area contributed by atoms with Crippen LogP contribution in [0, 0.1) is 0 Å². The summed E-state index contributed by atoms with van der Waals surface area (Å²) in [6, 6.07) is 14.4. The number of aryl methyl sites for hydroxylation is 1. The molecule has 1 aromatic heterocycles. The number of thiophene rings is 1. The highest BCUT2D eigenvalue weighted by Gasteiger charge is 2.03. The van der Waals surface area contributed by atoms with Gasteiger partial charge < -0.3 is 5.73 Å². The summed E-state index contributed by atoms with van der Waals surface area (Å²) in [5.74, 6) is -0.241. The Hall–Kier alpha value is -1.61. The summed E-state index contributed by atoms with van der Waals surface area (Å²) in [6.07, 6.45) is 1.17. The van der Waals surface area contributed by atoms with E-state index in [1.165, 1.54) is 15.3 Å². The predicted octanol–water partition coefficient (Wildman–Crippen LogP) is 2.83. The topological polar surface area (TPSA) is 43.1 Å². The van der Waals surface area contributed by atoms with Crippen molar-refractivity contribution >= 4 is 17.2 Å². The number of carbonyl (C=O) groups is 1. The number of rotatable bonds is 4. The van der Waals surface area contributed by atoms with E-state index in [0.29, 0.717) is 6.42 Å². The van der Waals surface area contributed by atoms with E-state index in [1.54, 1.807) is 11.3 Å². The van der Waals surface area contributed by atoms with Crippen LogP contribution in [0.1, 0.15) is 11.3 Å². The van der Waals surface area contributed by atoms with Gasteiger partial charge in [-0.05, 0) is 24.1 Å². The van der Waals surface area contributed by atoms with Crippen LogP contribution in [0.2, 0.25) is 0 Å². The molecule has 0 aliphatic rings. The fourth-order valence-corrected chi connectivity index (χ4v) is 2.53. The Balaban J connectivity index is 2.11. The minimum absolute atomic E-state index is 0.241. The van der Waals surface area contributed by atoms with Gasteiger partial charge >= 0.3 is 0 Å². The smallest absolute Gasteiger partial charge is 0.217 e. The normalized spacial score (nSPS) is 10.2. The minimum atomic E-state index is -0.241. The van der Waals surface area contributed by atoms with Gasteiger partial charge in [-0.3, -0.25) is 4.79 Å². The summed E-state index contributed by atoms with van der Waals surface area (Å²) in [6.45, 7) is 0. The molecule has 0 saturated heterocycles. The van der Waals surface area contributed by atoms with Crippen LogP contribution < -0.4 is 5.73 Å². The van der Waals surface area contributed by atoms with Crippen molar-refractivity contribution in [3.8, 4) is 10.4 Å². The van der Waals surface area contributed by atoms with Gasteiger partial charge in [-0.25, -0.2) is 0 Å². The first-order valence-corrected chi connectivity index (χ1v) is 6.00. The molecular formula is C13H13NOS. The molecule has 0 bridgehead atoms. The second-order valence-corrected chi connectivity index (χ2v) is 4.77. The van der Waals surface area contributed by atoms with Crippen molar-refractivity contribution in [2.45, 2.75) is 12.8 Å². The fourth-order valence-electron chi connectivity index (χ4n) is 1.52. The van der Waals surface area contributed by atoms with E-state index in [4.69, 9.17) is 5.73 Å². The predicted molar refractivity (Wildman–Crippen MR) is 67.3 cm³/mol. The van der Waals surface area contributed by atoms with Gasteiger partial charge in [0.05, 0.1) is 0 Å². The van der Waals surface area contributed by atoms with Gasteiger partial charge in [0.15, 0.2) is 0 Å². The number of benzene rings is 1. The first-order valence-electron chi connectivity index (χ1n) is 5.18. The molecule has 0 saturated carbocycles. The van der Waals surface area contributed by atoms with Crippen LogP contribution >= 0.6 is 11.3 Å². The van der Waals surface area contributed by atoms with Gasteiger partial charge in [0.1, 0.15) is 0 Å². The molecule has 0 fully saturated rings. The zero-order valence-corrected chi connectivity index (χ0v) is 9.67. The van der Waals surface area contributed by atoms with Crippen LogP contribution in [0.5, 0.6) is 0 Å². The summed E-state index contributed by atoms with van der Waals surface area (Å²) in [7, 11) is 0. The van der Waals surface area contributed by atoms with Crippen molar-refractivity contribution in [3.05, 3.63) is 47.3 Å². The van der Waals surface area contributed by atoms with Crippen LogP contribution in [0.4, 0.5) is 0 Å². The Morgan fingerprint density at radius 3 is 2.56 bits per heavy atom. The lowest BCUT2D eigenvalue weighted by atomic mass is 10.2. The van der Waals surface area contributed by atoms with Crippen LogP contribution in [0.15, 0.2) is 42.5 Å². The van der Waals surface area contributed by atoms with E-state index in [2.05, 4.69) is 24.3 Å². The van der Waals surface area contributed by atoms with Crippen LogP contribution in [-0.4, -0.2) is 5.91 Å². The molecule has 0 radical (unpaired) electrons. The molecule has 2 N–H and O–H groups in total. The Morgan fingerprint density at radius 2 is 1.88 bits per heavy atom. The third-order valence-corrected chi connectivity index (χ3v) is 3.53. The molecule has 1 heterocycles. The molecule has 1 amide bonds. The monoisotopic (exact) mass is 231 g/mol. The molecular weight excluding hydrogens is 218 g/mol. The third-order valence-electron chi connectivity index (χ3n) is 2.34. The van der Waals surface area contributed by atoms with Crippen molar-refractivity contribution in [2.75, 3.05) is 0 Å². The van der Waals surface area contributed by atoms with Gasteiger partial charge in [0.2, 0.25) is 5.91 Å². The number of primary amides is 1. The van der Waals surface area contributed by atoms with Crippen molar-refractivity contribution in [3.63, 3.8) is 0 Å². The van der Waals surface area contributed by atoms with Gasteiger partial charge in [-0.1, -0.05) is 30.3 Å². The lowest BCUT2D eigenvalue weighted by molar-refractivity contribution is -0.117. The quantitative estimate of drug-likeness (QED) is 0.863. The zero-order chi connectivity index (χ0) is 11.4. The summed E-state index contributed by atoms with van der Waals surface area (Å²) in [5.41, 5.74) is 6.34. The number of nitrogens with two attached hydrogens (primary N) is 1. The van der Waals surface area contributed by atoms with E-state index in [1.807, 2.05) is 18.2 Å².